The molecule has 0 aliphatic carbocycles. The van der Waals surface area contributed by atoms with Crippen molar-refractivity contribution in [2.45, 2.75) is 13.8 Å². The number of fused-ring (bicyclic) bond motifs is 1. The zero-order valence-electron chi connectivity index (χ0n) is 14.3. The van der Waals surface area contributed by atoms with E-state index in [9.17, 15) is 4.79 Å². The smallest absolute Gasteiger partial charge is 0.256 e. The number of nitrogens with zero attached hydrogens (tertiary/aromatic N) is 1. The monoisotopic (exact) mass is 382 g/mol. The van der Waals surface area contributed by atoms with Crippen LogP contribution in [0.1, 0.15) is 22.5 Å². The summed E-state index contributed by atoms with van der Waals surface area (Å²) in [6, 6.07) is 15.2. The van der Waals surface area contributed by atoms with Gasteiger partial charge in [-0.25, -0.2) is 0 Å². The number of hydrogen-bond acceptors (Lipinski definition) is 1. The van der Waals surface area contributed by atoms with E-state index in [0.29, 0.717) is 15.6 Å². The van der Waals surface area contributed by atoms with E-state index in [4.69, 9.17) is 23.2 Å². The van der Waals surface area contributed by atoms with E-state index in [1.54, 1.807) is 12.1 Å². The van der Waals surface area contributed by atoms with Gasteiger partial charge in [0.1, 0.15) is 0 Å². The van der Waals surface area contributed by atoms with Crippen molar-refractivity contribution >= 4 is 46.4 Å². The highest BCUT2D eigenvalue weighted by Crippen LogP contribution is 2.36. The van der Waals surface area contributed by atoms with E-state index in [-0.39, 0.29) is 5.91 Å². The number of aryl methyl sites for hydroxylation is 1. The molecule has 0 saturated heterocycles. The minimum atomic E-state index is -0.112. The molecule has 3 aromatic rings. The first kappa shape index (κ1) is 17.0. The van der Waals surface area contributed by atoms with Crippen molar-refractivity contribution in [2.75, 3.05) is 5.32 Å². The van der Waals surface area contributed by atoms with Crippen molar-refractivity contribution in [3.8, 4) is 5.69 Å². The highest BCUT2D eigenvalue weighted by Gasteiger charge is 2.24. The summed E-state index contributed by atoms with van der Waals surface area (Å²) >= 11 is 12.0. The molecule has 0 radical (unpaired) electrons. The largest absolute Gasteiger partial charge is 0.321 e. The fraction of sp³-hybridized carbons (Fsp3) is 0.0952. The van der Waals surface area contributed by atoms with E-state index >= 15 is 0 Å². The SMILES string of the molecule is Cc1cc(C=C2C(=O)Nc3cc(Cl)ccc32)c(C)n1-c1ccc(Cl)cc1. The molecule has 0 saturated carbocycles. The molecule has 0 spiro atoms. The Balaban J connectivity index is 1.81. The molecule has 0 fully saturated rings. The van der Waals surface area contributed by atoms with Crippen LogP contribution in [-0.2, 0) is 4.79 Å². The predicted molar refractivity (Wildman–Crippen MR) is 108 cm³/mol. The summed E-state index contributed by atoms with van der Waals surface area (Å²) in [5.41, 5.74) is 6.46. The number of amides is 1. The van der Waals surface area contributed by atoms with Gasteiger partial charge in [-0.15, -0.1) is 0 Å². The Morgan fingerprint density at radius 2 is 1.65 bits per heavy atom. The second-order valence-electron chi connectivity index (χ2n) is 6.34. The molecule has 2 heterocycles. The highest BCUT2D eigenvalue weighted by atomic mass is 35.5. The molecule has 1 aromatic heterocycles. The zero-order chi connectivity index (χ0) is 18.4. The van der Waals surface area contributed by atoms with Crippen molar-refractivity contribution < 1.29 is 4.79 Å². The number of anilines is 1. The summed E-state index contributed by atoms with van der Waals surface area (Å²) < 4.78 is 2.15. The van der Waals surface area contributed by atoms with Crippen LogP contribution in [0.25, 0.3) is 17.3 Å². The van der Waals surface area contributed by atoms with Crippen molar-refractivity contribution in [2.24, 2.45) is 0 Å². The molecule has 2 aromatic carbocycles. The van der Waals surface area contributed by atoms with Crippen LogP contribution >= 0.6 is 23.2 Å². The Morgan fingerprint density at radius 1 is 0.962 bits per heavy atom. The molecule has 4 rings (SSSR count). The van der Waals surface area contributed by atoms with Crippen LogP contribution < -0.4 is 5.32 Å². The summed E-state index contributed by atoms with van der Waals surface area (Å²) in [6.07, 6.45) is 1.93. The minimum absolute atomic E-state index is 0.112. The number of carbonyl (C=O) groups is 1. The van der Waals surface area contributed by atoms with Gasteiger partial charge in [-0.3, -0.25) is 4.79 Å². The number of hydrogen-bond donors (Lipinski definition) is 1. The highest BCUT2D eigenvalue weighted by molar-refractivity contribution is 6.36. The fourth-order valence-corrected chi connectivity index (χ4v) is 3.68. The lowest BCUT2D eigenvalue weighted by Crippen LogP contribution is -2.03. The van der Waals surface area contributed by atoms with Gasteiger partial charge >= 0.3 is 0 Å². The van der Waals surface area contributed by atoms with E-state index < -0.39 is 0 Å². The molecular weight excluding hydrogens is 367 g/mol. The lowest BCUT2D eigenvalue weighted by atomic mass is 10.0. The first-order valence-electron chi connectivity index (χ1n) is 8.22. The molecule has 5 heteroatoms. The molecule has 0 bridgehead atoms. The molecule has 3 nitrogen and oxygen atoms in total. The minimum Gasteiger partial charge on any atom is -0.321 e. The van der Waals surface area contributed by atoms with Crippen molar-refractivity contribution in [1.82, 2.24) is 4.57 Å². The third kappa shape index (κ3) is 2.83. The Bertz CT molecular complexity index is 1060. The van der Waals surface area contributed by atoms with E-state index in [1.165, 1.54) is 0 Å². The molecule has 0 atom stereocenters. The Kier molecular flexibility index (Phi) is 4.14. The zero-order valence-corrected chi connectivity index (χ0v) is 15.8. The van der Waals surface area contributed by atoms with Crippen LogP contribution in [0.4, 0.5) is 5.69 Å². The molecule has 1 amide bonds. The maximum Gasteiger partial charge on any atom is 0.256 e. The molecule has 0 unspecified atom stereocenters. The summed E-state index contributed by atoms with van der Waals surface area (Å²) in [4.78, 5) is 12.4. The maximum absolute atomic E-state index is 12.4. The molecule has 130 valence electrons. The summed E-state index contributed by atoms with van der Waals surface area (Å²) in [5.74, 6) is -0.112. The number of carbonyl (C=O) groups excluding carboxylic acids is 1. The van der Waals surface area contributed by atoms with Gasteiger partial charge in [0.15, 0.2) is 0 Å². The molecule has 1 aliphatic rings. The van der Waals surface area contributed by atoms with E-state index in [2.05, 4.69) is 16.0 Å². The summed E-state index contributed by atoms with van der Waals surface area (Å²) in [6.45, 7) is 4.09. The van der Waals surface area contributed by atoms with Crippen LogP contribution in [0.2, 0.25) is 10.0 Å². The van der Waals surface area contributed by atoms with Crippen molar-refractivity contribution in [3.05, 3.63) is 81.1 Å². The van der Waals surface area contributed by atoms with Gasteiger partial charge in [0.25, 0.3) is 5.91 Å². The quantitative estimate of drug-likeness (QED) is 0.550. The molecule has 1 aliphatic heterocycles. The first-order chi connectivity index (χ1) is 12.4. The third-order valence-corrected chi connectivity index (χ3v) is 5.11. The van der Waals surface area contributed by atoms with Crippen molar-refractivity contribution in [1.29, 1.82) is 0 Å². The summed E-state index contributed by atoms with van der Waals surface area (Å²) in [7, 11) is 0. The molecular formula is C21H16Cl2N2O. The maximum atomic E-state index is 12.4. The van der Waals surface area contributed by atoms with Gasteiger partial charge in [0.2, 0.25) is 0 Å². The van der Waals surface area contributed by atoms with Gasteiger partial charge in [0, 0.05) is 38.3 Å². The number of aromatic nitrogens is 1. The number of nitrogens with one attached hydrogen (secondary N) is 1. The fourth-order valence-electron chi connectivity index (χ4n) is 3.39. The lowest BCUT2D eigenvalue weighted by molar-refractivity contribution is -0.110. The first-order valence-corrected chi connectivity index (χ1v) is 8.97. The second kappa shape index (κ2) is 6.35. The van der Waals surface area contributed by atoms with Gasteiger partial charge in [-0.2, -0.15) is 0 Å². The van der Waals surface area contributed by atoms with Crippen molar-refractivity contribution in [3.63, 3.8) is 0 Å². The van der Waals surface area contributed by atoms with Gasteiger partial charge in [-0.05, 0) is 68.0 Å². The Hall–Kier alpha value is -2.49. The van der Waals surface area contributed by atoms with Gasteiger partial charge in [-0.1, -0.05) is 29.3 Å². The number of benzene rings is 2. The normalized spacial score (nSPS) is 14.6. The Labute approximate surface area is 161 Å². The summed E-state index contributed by atoms with van der Waals surface area (Å²) in [5, 5.41) is 4.18. The van der Waals surface area contributed by atoms with Crippen LogP contribution in [0, 0.1) is 13.8 Å². The van der Waals surface area contributed by atoms with E-state index in [0.717, 1.165) is 33.9 Å². The van der Waals surface area contributed by atoms with Crippen LogP contribution in [0.15, 0.2) is 48.5 Å². The van der Waals surface area contributed by atoms with Crippen LogP contribution in [0.3, 0.4) is 0 Å². The average Bonchev–Trinajstić information content (AvgIpc) is 3.05. The number of rotatable bonds is 2. The number of halogens is 2. The van der Waals surface area contributed by atoms with Gasteiger partial charge < -0.3 is 9.88 Å². The second-order valence-corrected chi connectivity index (χ2v) is 7.21. The standard InChI is InChI=1S/C21H16Cl2N2O/c1-12-9-14(13(2)25(12)17-6-3-15(22)4-7-17)10-19-18-8-5-16(23)11-20(18)24-21(19)26/h3-11H,1-2H3,(H,24,26). The predicted octanol–water partition coefficient (Wildman–Crippen LogP) is 5.89. The van der Waals surface area contributed by atoms with Crippen LogP contribution in [0.5, 0.6) is 0 Å². The average molecular weight is 383 g/mol. The third-order valence-electron chi connectivity index (χ3n) is 4.62. The van der Waals surface area contributed by atoms with Gasteiger partial charge in [0.05, 0.1) is 5.69 Å². The topological polar surface area (TPSA) is 34.0 Å². The molecule has 26 heavy (non-hydrogen) atoms. The lowest BCUT2D eigenvalue weighted by Gasteiger charge is -2.09. The van der Waals surface area contributed by atoms with Crippen LogP contribution in [-0.4, -0.2) is 10.5 Å². The van der Waals surface area contributed by atoms with E-state index in [1.807, 2.05) is 50.3 Å². The molecule has 1 N–H and O–H groups in total. The Morgan fingerprint density at radius 3 is 2.38 bits per heavy atom.